The minimum absolute atomic E-state index is 0.259. The molecule has 33 heavy (non-hydrogen) atoms. The van der Waals surface area contributed by atoms with E-state index in [-0.39, 0.29) is 12.1 Å². The van der Waals surface area contributed by atoms with E-state index >= 15 is 0 Å². The molecule has 2 aromatic carbocycles. The summed E-state index contributed by atoms with van der Waals surface area (Å²) < 4.78 is 13.5. The first kappa shape index (κ1) is 24.8. The Morgan fingerprint density at radius 3 is 2.45 bits per heavy atom. The number of nitrogens with zero attached hydrogens (tertiary/aromatic N) is 3. The number of benzene rings is 2. The number of ether oxygens (including phenoxy) is 2. The first-order valence-electron chi connectivity index (χ1n) is 11.8. The van der Waals surface area contributed by atoms with Gasteiger partial charge in [0.1, 0.15) is 17.2 Å². The normalized spacial score (nSPS) is 12.4. The molecule has 0 amide bonds. The van der Waals surface area contributed by atoms with Crippen molar-refractivity contribution in [2.24, 2.45) is 7.05 Å². The van der Waals surface area contributed by atoms with E-state index in [0.717, 1.165) is 41.8 Å². The van der Waals surface area contributed by atoms with E-state index in [2.05, 4.69) is 37.8 Å². The van der Waals surface area contributed by atoms with E-state index in [0.29, 0.717) is 24.7 Å². The molecule has 1 aromatic heterocycles. The molecule has 3 rings (SSSR count). The molecular formula is C27H37N3O3. The first-order valence-corrected chi connectivity index (χ1v) is 11.8. The summed E-state index contributed by atoms with van der Waals surface area (Å²) in [6.45, 7) is 7.70. The third-order valence-electron chi connectivity index (χ3n) is 5.82. The third-order valence-corrected chi connectivity index (χ3v) is 5.82. The molecule has 0 spiro atoms. The number of aryl methyl sites for hydroxylation is 1. The van der Waals surface area contributed by atoms with Crippen LogP contribution in [0.2, 0.25) is 0 Å². The molecule has 1 unspecified atom stereocenters. The highest BCUT2D eigenvalue weighted by atomic mass is 16.5. The fraction of sp³-hybridized carbons (Fsp3) is 0.444. The second kappa shape index (κ2) is 11.9. The number of rotatable bonds is 12. The number of unbranched alkanes of at least 4 members (excludes halogenated alkanes) is 1. The number of aromatic nitrogens is 2. The van der Waals surface area contributed by atoms with Gasteiger partial charge in [-0.05, 0) is 32.4 Å². The lowest BCUT2D eigenvalue weighted by molar-refractivity contribution is 0.0829. The van der Waals surface area contributed by atoms with Crippen molar-refractivity contribution in [1.29, 1.82) is 0 Å². The minimum atomic E-state index is -0.355. The minimum Gasteiger partial charge on any atom is -0.497 e. The molecule has 0 saturated carbocycles. The van der Waals surface area contributed by atoms with E-state index in [1.54, 1.807) is 11.8 Å². The van der Waals surface area contributed by atoms with Crippen molar-refractivity contribution in [3.63, 3.8) is 0 Å². The average molecular weight is 452 g/mol. The van der Waals surface area contributed by atoms with Gasteiger partial charge in [0.15, 0.2) is 0 Å². The highest BCUT2D eigenvalue weighted by Crippen LogP contribution is 2.35. The van der Waals surface area contributed by atoms with E-state index in [1.165, 1.54) is 0 Å². The smallest absolute Gasteiger partial charge is 0.222 e. The van der Waals surface area contributed by atoms with Crippen LogP contribution in [0.3, 0.4) is 0 Å². The molecule has 0 saturated heterocycles. The van der Waals surface area contributed by atoms with Gasteiger partial charge >= 0.3 is 0 Å². The zero-order valence-electron chi connectivity index (χ0n) is 20.5. The summed E-state index contributed by atoms with van der Waals surface area (Å²) in [5.74, 6) is 2.12. The maximum Gasteiger partial charge on any atom is 0.222 e. The van der Waals surface area contributed by atoms with Gasteiger partial charge in [-0.25, -0.2) is 4.68 Å². The van der Waals surface area contributed by atoms with Gasteiger partial charge in [0.05, 0.1) is 18.8 Å². The van der Waals surface area contributed by atoms with Crippen molar-refractivity contribution in [3.05, 3.63) is 60.2 Å². The zero-order chi connectivity index (χ0) is 23.8. The molecule has 6 heteroatoms. The van der Waals surface area contributed by atoms with Crippen molar-refractivity contribution in [3.8, 4) is 28.6 Å². The second-order valence-electron chi connectivity index (χ2n) is 8.72. The third kappa shape index (κ3) is 6.59. The van der Waals surface area contributed by atoms with E-state index < -0.39 is 0 Å². The summed E-state index contributed by atoms with van der Waals surface area (Å²) in [5.41, 5.74) is 2.94. The molecule has 3 aromatic rings. The van der Waals surface area contributed by atoms with E-state index in [4.69, 9.17) is 14.6 Å². The van der Waals surface area contributed by atoms with Crippen LogP contribution in [-0.4, -0.2) is 45.6 Å². The van der Waals surface area contributed by atoms with Crippen LogP contribution < -0.4 is 9.47 Å². The molecule has 1 N–H and O–H groups in total. The Labute approximate surface area is 197 Å². The van der Waals surface area contributed by atoms with Crippen LogP contribution in [0.4, 0.5) is 0 Å². The monoisotopic (exact) mass is 451 g/mol. The Morgan fingerprint density at radius 2 is 1.79 bits per heavy atom. The molecule has 0 bridgehead atoms. The van der Waals surface area contributed by atoms with Crippen molar-refractivity contribution in [2.75, 3.05) is 13.7 Å². The summed E-state index contributed by atoms with van der Waals surface area (Å²) in [5, 5.41) is 15.5. The van der Waals surface area contributed by atoms with Crippen LogP contribution in [0.1, 0.15) is 45.6 Å². The Morgan fingerprint density at radius 1 is 1.06 bits per heavy atom. The van der Waals surface area contributed by atoms with Crippen LogP contribution in [-0.2, 0) is 13.6 Å². The summed E-state index contributed by atoms with van der Waals surface area (Å²) in [6, 6.07) is 18.0. The molecular weight excluding hydrogens is 414 g/mol. The van der Waals surface area contributed by atoms with E-state index in [9.17, 15) is 5.11 Å². The quantitative estimate of drug-likeness (QED) is 0.386. The lowest BCUT2D eigenvalue weighted by Crippen LogP contribution is -2.37. The van der Waals surface area contributed by atoms with Crippen LogP contribution in [0.25, 0.3) is 11.3 Å². The largest absolute Gasteiger partial charge is 0.497 e. The number of hydrogen-bond donors (Lipinski definition) is 1. The summed E-state index contributed by atoms with van der Waals surface area (Å²) in [4.78, 5) is 2.29. The highest BCUT2D eigenvalue weighted by Gasteiger charge is 2.24. The van der Waals surface area contributed by atoms with Gasteiger partial charge in [0, 0.05) is 37.8 Å². The zero-order valence-corrected chi connectivity index (χ0v) is 20.5. The average Bonchev–Trinajstić information content (AvgIpc) is 3.12. The van der Waals surface area contributed by atoms with Crippen LogP contribution in [0.5, 0.6) is 17.4 Å². The molecule has 1 atom stereocenters. The van der Waals surface area contributed by atoms with E-state index in [1.807, 2.05) is 49.5 Å². The topological polar surface area (TPSA) is 59.8 Å². The molecule has 0 radical (unpaired) electrons. The second-order valence-corrected chi connectivity index (χ2v) is 8.72. The number of aliphatic hydroxyl groups excluding tert-OH is 1. The molecule has 1 heterocycles. The van der Waals surface area contributed by atoms with Crippen LogP contribution >= 0.6 is 0 Å². The lowest BCUT2D eigenvalue weighted by atomic mass is 10.1. The number of methoxy groups -OCH3 is 1. The summed E-state index contributed by atoms with van der Waals surface area (Å²) >= 11 is 0. The highest BCUT2D eigenvalue weighted by molar-refractivity contribution is 5.65. The molecule has 6 nitrogen and oxygen atoms in total. The molecule has 178 valence electrons. The van der Waals surface area contributed by atoms with Gasteiger partial charge in [0.2, 0.25) is 5.88 Å². The number of aliphatic hydroxyl groups is 1. The van der Waals surface area contributed by atoms with Crippen LogP contribution in [0.15, 0.2) is 54.6 Å². The molecule has 0 aliphatic carbocycles. The number of hydrogen-bond acceptors (Lipinski definition) is 5. The van der Waals surface area contributed by atoms with Crippen molar-refractivity contribution < 1.29 is 14.6 Å². The van der Waals surface area contributed by atoms with Crippen molar-refractivity contribution in [1.82, 2.24) is 14.7 Å². The molecule has 0 aliphatic heterocycles. The van der Waals surface area contributed by atoms with Crippen LogP contribution in [0, 0.1) is 0 Å². The van der Waals surface area contributed by atoms with Gasteiger partial charge in [-0.2, -0.15) is 5.10 Å². The fourth-order valence-corrected chi connectivity index (χ4v) is 3.89. The van der Waals surface area contributed by atoms with Gasteiger partial charge in [-0.1, -0.05) is 56.2 Å². The maximum absolute atomic E-state index is 10.6. The SMILES string of the molecule is CCCCC(O)CN(Cc1c(-c2ccccc2)nn(C)c1Oc1cccc(OC)c1)C(C)C. The Bertz CT molecular complexity index is 1000. The Kier molecular flexibility index (Phi) is 8.92. The Balaban J connectivity index is 1.98. The van der Waals surface area contributed by atoms with Gasteiger partial charge < -0.3 is 14.6 Å². The van der Waals surface area contributed by atoms with Gasteiger partial charge in [-0.15, -0.1) is 0 Å². The summed E-state index contributed by atoms with van der Waals surface area (Å²) in [6.07, 6.45) is 2.56. The molecule has 0 fully saturated rings. The Hall–Kier alpha value is -2.83. The van der Waals surface area contributed by atoms with Gasteiger partial charge in [0.25, 0.3) is 0 Å². The van der Waals surface area contributed by atoms with Crippen molar-refractivity contribution in [2.45, 2.75) is 58.7 Å². The molecule has 0 aliphatic rings. The standard InChI is InChI=1S/C27H37N3O3/c1-6-7-14-22(31)18-30(20(2)3)19-25-26(21-12-9-8-10-13-21)28-29(4)27(25)33-24-16-11-15-23(17-24)32-5/h8-13,15-17,20,22,31H,6-7,14,18-19H2,1-5H3. The lowest BCUT2D eigenvalue weighted by Gasteiger charge is -2.29. The predicted octanol–water partition coefficient (Wildman–Crippen LogP) is 5.65. The van der Waals surface area contributed by atoms with Crippen molar-refractivity contribution >= 4 is 0 Å². The fourth-order valence-electron chi connectivity index (χ4n) is 3.89. The summed E-state index contributed by atoms with van der Waals surface area (Å²) in [7, 11) is 3.55. The predicted molar refractivity (Wildman–Crippen MR) is 133 cm³/mol. The van der Waals surface area contributed by atoms with Gasteiger partial charge in [-0.3, -0.25) is 4.90 Å². The maximum atomic E-state index is 10.6. The first-order chi connectivity index (χ1) is 15.9.